The minimum absolute atomic E-state index is 0.00896. The fraction of sp³-hybridized carbons (Fsp3) is 0.750. The van der Waals surface area contributed by atoms with Gasteiger partial charge in [-0.05, 0) is 76.3 Å². The first kappa shape index (κ1) is 41.3. The number of carbonyl (C=O) groups is 3. The van der Waals surface area contributed by atoms with Crippen LogP contribution < -0.4 is 5.32 Å². The lowest BCUT2D eigenvalue weighted by Crippen LogP contribution is -2.70. The summed E-state index contributed by atoms with van der Waals surface area (Å²) < 4.78 is 31.4. The Balaban J connectivity index is 1.18. The molecule has 4 heterocycles. The number of benzene rings is 1. The molecule has 1 aromatic rings. The molecule has 2 N–H and O–H groups in total. The Morgan fingerprint density at radius 3 is 2.45 bits per heavy atom. The molecule has 3 unspecified atom stereocenters. The average Bonchev–Trinajstić information content (AvgIpc) is 3.70. The zero-order chi connectivity index (χ0) is 39.7. The predicted octanol–water partition coefficient (Wildman–Crippen LogP) is 6.31. The first-order valence-corrected chi connectivity index (χ1v) is 21.4. The maximum absolute atomic E-state index is 15.0. The Kier molecular flexibility index (Phi) is 12.7. The van der Waals surface area contributed by atoms with Gasteiger partial charge in [0.25, 0.3) is 0 Å². The molecule has 0 aromatic heterocycles. The Morgan fingerprint density at radius 1 is 1.02 bits per heavy atom. The number of hydrogen-bond donors (Lipinski definition) is 2. The molecule has 12 heteroatoms. The molecule has 6 fully saturated rings. The molecule has 0 radical (unpaired) electrons. The third-order valence-corrected chi connectivity index (χ3v) is 12.6. The second-order valence-corrected chi connectivity index (χ2v) is 18.0. The van der Waals surface area contributed by atoms with E-state index in [2.05, 4.69) is 37.4 Å². The smallest absolute Gasteiger partial charge is 0.327 e. The maximum Gasteiger partial charge on any atom is 0.327 e. The average molecular weight is 781 g/mol. The van der Waals surface area contributed by atoms with Gasteiger partial charge in [-0.1, -0.05) is 75.9 Å². The summed E-state index contributed by atoms with van der Waals surface area (Å²) >= 11 is 0. The highest BCUT2D eigenvalue weighted by molar-refractivity contribution is 5.93. The highest BCUT2D eigenvalue weighted by Crippen LogP contribution is 2.58. The van der Waals surface area contributed by atoms with Gasteiger partial charge < -0.3 is 34.1 Å². The van der Waals surface area contributed by atoms with Crippen LogP contribution in [0.5, 0.6) is 0 Å². The van der Waals surface area contributed by atoms with Crippen LogP contribution in [-0.4, -0.2) is 94.7 Å². The van der Waals surface area contributed by atoms with Crippen LogP contribution in [0.1, 0.15) is 136 Å². The number of aliphatic hydroxyl groups is 1. The van der Waals surface area contributed by atoms with Gasteiger partial charge in [0.15, 0.2) is 11.8 Å². The largest absolute Gasteiger partial charge is 0.460 e. The minimum atomic E-state index is -1.40. The molecule has 1 amide bonds. The van der Waals surface area contributed by atoms with Crippen LogP contribution in [0.3, 0.4) is 0 Å². The lowest BCUT2D eigenvalue weighted by molar-refractivity contribution is -0.224. The number of rotatable bonds is 18. The van der Waals surface area contributed by atoms with Gasteiger partial charge in [-0.2, -0.15) is 5.06 Å². The molecule has 6 aliphatic rings. The van der Waals surface area contributed by atoms with Crippen LogP contribution >= 0.6 is 0 Å². The summed E-state index contributed by atoms with van der Waals surface area (Å²) in [4.78, 5) is 48.8. The van der Waals surface area contributed by atoms with E-state index in [0.717, 1.165) is 68.9 Å². The van der Waals surface area contributed by atoms with Crippen LogP contribution in [0, 0.1) is 11.3 Å². The van der Waals surface area contributed by atoms with Gasteiger partial charge in [0.1, 0.15) is 35.4 Å². The van der Waals surface area contributed by atoms with Crippen molar-refractivity contribution >= 4 is 23.9 Å². The van der Waals surface area contributed by atoms with Crippen LogP contribution in [0.15, 0.2) is 30.3 Å². The van der Waals surface area contributed by atoms with E-state index in [1.807, 2.05) is 18.2 Å². The molecule has 1 aromatic carbocycles. The molecule has 0 spiro atoms. The van der Waals surface area contributed by atoms with E-state index < -0.39 is 77.8 Å². The summed E-state index contributed by atoms with van der Waals surface area (Å²) in [5, 5.41) is 15.1. The summed E-state index contributed by atoms with van der Waals surface area (Å²) in [5.41, 5.74) is -0.101. The number of nitrogens with zero attached hydrogens (tertiary/aromatic N) is 1. The van der Waals surface area contributed by atoms with Crippen molar-refractivity contribution in [3.05, 3.63) is 41.5 Å². The van der Waals surface area contributed by atoms with E-state index in [9.17, 15) is 19.5 Å². The van der Waals surface area contributed by atoms with Gasteiger partial charge >= 0.3 is 11.9 Å². The number of fused-ring (bicyclic) bond motifs is 5. The highest BCUT2D eigenvalue weighted by Gasteiger charge is 2.76. The van der Waals surface area contributed by atoms with Crippen LogP contribution in [0.2, 0.25) is 0 Å². The van der Waals surface area contributed by atoms with E-state index in [4.69, 9.17) is 28.5 Å². The summed E-state index contributed by atoms with van der Waals surface area (Å²) in [5.74, 6) is -1.83. The first-order chi connectivity index (χ1) is 26.9. The van der Waals surface area contributed by atoms with E-state index in [1.54, 1.807) is 25.8 Å². The van der Waals surface area contributed by atoms with Crippen molar-refractivity contribution in [2.45, 2.75) is 191 Å². The van der Waals surface area contributed by atoms with Crippen LogP contribution in [0.4, 0.5) is 0 Å². The Labute approximate surface area is 332 Å². The summed E-state index contributed by atoms with van der Waals surface area (Å²) in [6.07, 6.45) is 13.4. The molecule has 10 atom stereocenters. The van der Waals surface area contributed by atoms with E-state index in [1.165, 1.54) is 0 Å². The fourth-order valence-electron chi connectivity index (χ4n) is 9.77. The third kappa shape index (κ3) is 8.76. The summed E-state index contributed by atoms with van der Waals surface area (Å²) in [6.45, 7) is 9.56. The van der Waals surface area contributed by atoms with Crippen molar-refractivity contribution in [2.75, 3.05) is 6.61 Å². The molecular weight excluding hydrogens is 716 g/mol. The maximum atomic E-state index is 15.0. The first-order valence-electron chi connectivity index (χ1n) is 21.4. The summed E-state index contributed by atoms with van der Waals surface area (Å²) in [7, 11) is 0. The van der Waals surface area contributed by atoms with Crippen molar-refractivity contribution in [1.82, 2.24) is 10.4 Å². The molecule has 2 aliphatic carbocycles. The van der Waals surface area contributed by atoms with Gasteiger partial charge in [-0.15, -0.1) is 0 Å². The number of hydroxylamine groups is 2. The zero-order valence-corrected chi connectivity index (χ0v) is 34.0. The predicted molar refractivity (Wildman–Crippen MR) is 207 cm³/mol. The van der Waals surface area contributed by atoms with Crippen molar-refractivity contribution < 1.29 is 48.0 Å². The lowest BCUT2D eigenvalue weighted by Gasteiger charge is -2.49. The van der Waals surface area contributed by atoms with Gasteiger partial charge in [0.05, 0.1) is 31.4 Å². The number of carbonyl (C=O) groups excluding carboxylic acids is 3. The number of epoxide rings is 1. The molecule has 2 bridgehead atoms. The molecule has 2 saturated carbocycles. The number of unbranched alkanes of at least 4 members (excludes halogenated alkanes) is 4. The number of esters is 2. The van der Waals surface area contributed by atoms with Crippen LogP contribution in [0.25, 0.3) is 6.08 Å². The van der Waals surface area contributed by atoms with E-state index >= 15 is 0 Å². The molecule has 12 nitrogen and oxygen atoms in total. The molecule has 310 valence electrons. The SMILES string of the molecule is CCCCCC1(CCCCC)O[C@@H]2[C@H](O1)[C@H]1ON(Cc3ccccc3C=CC3CCC4OC4C3)[C@H]3C(=O)O[C@@H]2C[C@@]13C(=O)N[C@H](CO)CCC(=O)OC(C)(C)C. The molecule has 56 heavy (non-hydrogen) atoms. The van der Waals surface area contributed by atoms with Gasteiger partial charge in [-0.3, -0.25) is 19.2 Å². The fourth-order valence-corrected chi connectivity index (χ4v) is 9.77. The highest BCUT2D eigenvalue weighted by atomic mass is 16.8. The summed E-state index contributed by atoms with van der Waals surface area (Å²) in [6, 6.07) is 6.23. The van der Waals surface area contributed by atoms with E-state index in [0.29, 0.717) is 31.0 Å². The number of aliphatic hydroxyl groups excluding tert-OH is 1. The van der Waals surface area contributed by atoms with Crippen LogP contribution in [-0.2, 0) is 49.5 Å². The second-order valence-electron chi connectivity index (χ2n) is 18.0. The van der Waals surface area contributed by atoms with Crippen molar-refractivity contribution in [3.63, 3.8) is 0 Å². The Hall–Kier alpha value is -2.87. The number of amides is 1. The minimum Gasteiger partial charge on any atom is -0.460 e. The molecule has 4 aliphatic heterocycles. The topological polar surface area (TPSA) is 145 Å². The Bertz CT molecular complexity index is 1580. The number of allylic oxidation sites excluding steroid dienone is 1. The molecular formula is C44H64N2O10. The van der Waals surface area contributed by atoms with Crippen molar-refractivity contribution in [1.29, 1.82) is 0 Å². The van der Waals surface area contributed by atoms with Gasteiger partial charge in [0, 0.05) is 25.7 Å². The standard InChI is InChI=1S/C44H64N2O10/c1-6-8-12-22-43(23-13-9-7-2)54-36-34-25-44(41(50)45-31(27-47)19-21-35(48)53-42(3,4)5)38(40(49)52-34)46(56-39(44)37(36)55-43)26-30-15-11-10-14-29(30)18-16-28-17-20-32-33(24-28)51-32/h10-11,14-16,18,28,31-34,36-39,47H,6-9,12-13,17,19-27H2,1-5H3,(H,45,50)/t28?,31-,32?,33?,34+,36-,37-,38-,39+,44-/m0/s1. The monoisotopic (exact) mass is 780 g/mol. The Morgan fingerprint density at radius 2 is 1.75 bits per heavy atom. The van der Waals surface area contributed by atoms with Gasteiger partial charge in [-0.25, -0.2) is 0 Å². The quantitative estimate of drug-likeness (QED) is 0.0983. The normalized spacial score (nSPS) is 33.4. The number of hydrogen-bond acceptors (Lipinski definition) is 11. The lowest BCUT2D eigenvalue weighted by atomic mass is 9.62. The van der Waals surface area contributed by atoms with Crippen molar-refractivity contribution in [3.8, 4) is 0 Å². The second kappa shape index (κ2) is 17.2. The molecule has 7 rings (SSSR count). The van der Waals surface area contributed by atoms with Gasteiger partial charge in [0.2, 0.25) is 5.91 Å². The number of nitrogens with one attached hydrogen (secondary N) is 1. The van der Waals surface area contributed by atoms with E-state index in [-0.39, 0.29) is 25.8 Å². The van der Waals surface area contributed by atoms with Crippen molar-refractivity contribution in [2.24, 2.45) is 11.3 Å². The third-order valence-electron chi connectivity index (χ3n) is 12.6. The molecule has 4 saturated heterocycles. The number of ether oxygens (including phenoxy) is 5. The zero-order valence-electron chi connectivity index (χ0n) is 34.0.